The van der Waals surface area contributed by atoms with Crippen LogP contribution in [-0.2, 0) is 42.8 Å². The molecule has 2 heterocycles. The van der Waals surface area contributed by atoms with Crippen LogP contribution in [0.2, 0.25) is 10.0 Å². The summed E-state index contributed by atoms with van der Waals surface area (Å²) in [6, 6.07) is 23.8. The molecule has 6 rings (SSSR count). The molecule has 3 aromatic carbocycles. The van der Waals surface area contributed by atoms with Gasteiger partial charge in [-0.05, 0) is 79.6 Å². The van der Waals surface area contributed by atoms with Crippen molar-refractivity contribution in [2.45, 2.75) is 67.4 Å². The Morgan fingerprint density at radius 2 is 1.62 bits per heavy atom. The molecule has 1 saturated heterocycles. The van der Waals surface area contributed by atoms with Gasteiger partial charge in [0.25, 0.3) is 0 Å². The van der Waals surface area contributed by atoms with Gasteiger partial charge in [0.1, 0.15) is 0 Å². The molecule has 2 fully saturated rings. The summed E-state index contributed by atoms with van der Waals surface area (Å²) < 4.78 is 13.2. The zero-order chi connectivity index (χ0) is 33.2. The van der Waals surface area contributed by atoms with E-state index in [1.54, 1.807) is 11.0 Å². The van der Waals surface area contributed by atoms with Gasteiger partial charge >= 0.3 is 0 Å². The molecule has 9 heteroatoms. The molecule has 0 radical (unpaired) electrons. The summed E-state index contributed by atoms with van der Waals surface area (Å²) in [6.45, 7) is 2.68. The van der Waals surface area contributed by atoms with Crippen molar-refractivity contribution in [3.63, 3.8) is 0 Å². The quantitative estimate of drug-likeness (QED) is 0.226. The smallest absolute Gasteiger partial charge is 0.226 e. The fourth-order valence-electron chi connectivity index (χ4n) is 8.08. The van der Waals surface area contributed by atoms with Gasteiger partial charge in [-0.25, -0.2) is 0 Å². The number of carbonyl (C=O) groups excluding carboxylic acids is 2. The maximum atomic E-state index is 14.2. The first-order valence-corrected chi connectivity index (χ1v) is 18.9. The number of nitrogens with zero attached hydrogens (tertiary/aromatic N) is 3. The summed E-state index contributed by atoms with van der Waals surface area (Å²) in [5, 5.41) is 0.879. The fourth-order valence-corrected chi connectivity index (χ4v) is 10.3. The van der Waals surface area contributed by atoms with Crippen LogP contribution in [0.15, 0.2) is 72.8 Å². The van der Waals surface area contributed by atoms with Gasteiger partial charge in [0.2, 0.25) is 11.8 Å². The van der Waals surface area contributed by atoms with E-state index >= 15 is 0 Å². The summed E-state index contributed by atoms with van der Waals surface area (Å²) >= 11 is 13.1. The van der Waals surface area contributed by atoms with Crippen LogP contribution in [0.3, 0.4) is 0 Å². The largest absolute Gasteiger partial charge is 0.343 e. The Morgan fingerprint density at radius 3 is 2.32 bits per heavy atom. The highest BCUT2D eigenvalue weighted by atomic mass is 35.5. The van der Waals surface area contributed by atoms with E-state index in [9.17, 15) is 13.8 Å². The molecule has 2 aliphatic heterocycles. The maximum absolute atomic E-state index is 14.2. The van der Waals surface area contributed by atoms with Crippen LogP contribution in [0.1, 0.15) is 67.2 Å². The van der Waals surface area contributed by atoms with E-state index < -0.39 is 16.3 Å². The normalized spacial score (nSPS) is 20.6. The standard InChI is InChI=1S/C38H45Cl2N3O3S/c1-41(35(44)24-28-10-4-3-5-11-28)27-37(31-16-17-33(39)34(40)25-31,42(2)36(45)29-12-6-7-13-29)18-21-43-22-19-38(20-23-43)32-15-9-8-14-30(32)26-47(38)46/h3-5,8-11,14-17,25,29H,6-7,12-13,18-24,26-27H2,1-2H3. The lowest BCUT2D eigenvalue weighted by molar-refractivity contribution is -0.144. The Balaban J connectivity index is 1.29. The lowest BCUT2D eigenvalue weighted by Gasteiger charge is -2.47. The zero-order valence-corrected chi connectivity index (χ0v) is 29.8. The number of likely N-dealkylation sites (N-methyl/N-ethyl adjacent to an activating group) is 2. The van der Waals surface area contributed by atoms with Crippen LogP contribution < -0.4 is 0 Å². The lowest BCUT2D eigenvalue weighted by atomic mass is 9.82. The van der Waals surface area contributed by atoms with Crippen molar-refractivity contribution in [2.75, 3.05) is 40.3 Å². The van der Waals surface area contributed by atoms with Crippen molar-refractivity contribution in [2.24, 2.45) is 5.92 Å². The number of hydrogen-bond donors (Lipinski definition) is 0. The Labute approximate surface area is 291 Å². The molecule has 2 amide bonds. The molecule has 6 nitrogen and oxygen atoms in total. The molecule has 3 aliphatic rings. The Kier molecular flexibility index (Phi) is 10.5. The van der Waals surface area contributed by atoms with Gasteiger partial charge in [-0.15, -0.1) is 0 Å². The molecule has 250 valence electrons. The molecule has 1 aliphatic carbocycles. The van der Waals surface area contributed by atoms with Crippen LogP contribution in [0.25, 0.3) is 0 Å². The lowest BCUT2D eigenvalue weighted by Crippen LogP contribution is -2.57. The van der Waals surface area contributed by atoms with Crippen molar-refractivity contribution in [1.82, 2.24) is 14.7 Å². The number of likely N-dealkylation sites (tertiary alicyclic amines) is 1. The Hall–Kier alpha value is -2.71. The summed E-state index contributed by atoms with van der Waals surface area (Å²) in [6.07, 6.45) is 6.44. The van der Waals surface area contributed by atoms with E-state index in [1.807, 2.05) is 67.5 Å². The first-order valence-electron chi connectivity index (χ1n) is 16.8. The van der Waals surface area contributed by atoms with E-state index in [2.05, 4.69) is 23.1 Å². The number of fused-ring (bicyclic) bond motifs is 2. The molecule has 3 aromatic rings. The highest BCUT2D eigenvalue weighted by Gasteiger charge is 2.48. The Morgan fingerprint density at radius 1 is 0.936 bits per heavy atom. The number of rotatable bonds is 10. The van der Waals surface area contributed by atoms with Crippen LogP contribution in [0.5, 0.6) is 0 Å². The van der Waals surface area contributed by atoms with Crippen LogP contribution in [0.4, 0.5) is 0 Å². The zero-order valence-electron chi connectivity index (χ0n) is 27.4. The molecule has 1 saturated carbocycles. The third-order valence-electron chi connectivity index (χ3n) is 11.0. The maximum Gasteiger partial charge on any atom is 0.226 e. The van der Waals surface area contributed by atoms with Gasteiger partial charge in [0.15, 0.2) is 0 Å². The number of halogens is 2. The summed E-state index contributed by atoms with van der Waals surface area (Å²) in [7, 11) is 2.81. The van der Waals surface area contributed by atoms with Gasteiger partial charge in [0, 0.05) is 49.7 Å². The van der Waals surface area contributed by atoms with Crippen LogP contribution >= 0.6 is 23.2 Å². The average molecular weight is 695 g/mol. The molecular weight excluding hydrogens is 649 g/mol. The van der Waals surface area contributed by atoms with Gasteiger partial charge < -0.3 is 14.7 Å². The SMILES string of the molecule is CN(CC(CCN1CCC2(CC1)c1ccccc1CS2=O)(c1ccc(Cl)c(Cl)c1)N(C)C(=O)C1CCCC1)C(=O)Cc1ccccc1. The fraction of sp³-hybridized carbons (Fsp3) is 0.474. The topological polar surface area (TPSA) is 60.9 Å². The van der Waals surface area contributed by atoms with E-state index in [4.69, 9.17) is 23.2 Å². The van der Waals surface area contributed by atoms with Crippen molar-refractivity contribution >= 4 is 45.8 Å². The molecular formula is C38H45Cl2N3O3S. The molecule has 2 atom stereocenters. The summed E-state index contributed by atoms with van der Waals surface area (Å²) in [5.74, 6) is 0.714. The predicted octanol–water partition coefficient (Wildman–Crippen LogP) is 7.18. The first-order chi connectivity index (χ1) is 22.6. The van der Waals surface area contributed by atoms with Gasteiger partial charge in [-0.2, -0.15) is 0 Å². The molecule has 1 spiro atoms. The van der Waals surface area contributed by atoms with Gasteiger partial charge in [-0.3, -0.25) is 13.8 Å². The monoisotopic (exact) mass is 693 g/mol. The van der Waals surface area contributed by atoms with Crippen molar-refractivity contribution in [3.05, 3.63) is 105 Å². The summed E-state index contributed by atoms with van der Waals surface area (Å²) in [4.78, 5) is 34.1. The molecule has 2 unspecified atom stereocenters. The molecule has 0 aromatic heterocycles. The number of hydrogen-bond acceptors (Lipinski definition) is 4. The van der Waals surface area contributed by atoms with Gasteiger partial charge in [-0.1, -0.05) is 96.7 Å². The highest BCUT2D eigenvalue weighted by molar-refractivity contribution is 7.85. The highest BCUT2D eigenvalue weighted by Crippen LogP contribution is 2.47. The van der Waals surface area contributed by atoms with Gasteiger partial charge in [0.05, 0.1) is 26.8 Å². The Bertz CT molecular complexity index is 1620. The van der Waals surface area contributed by atoms with E-state index in [-0.39, 0.29) is 28.9 Å². The number of amides is 2. The van der Waals surface area contributed by atoms with Crippen LogP contribution in [-0.4, -0.2) is 71.0 Å². The third kappa shape index (κ3) is 6.92. The molecule has 47 heavy (non-hydrogen) atoms. The molecule has 0 bridgehead atoms. The minimum atomic E-state index is -0.931. The van der Waals surface area contributed by atoms with E-state index in [1.165, 1.54) is 11.1 Å². The second-order valence-electron chi connectivity index (χ2n) is 13.7. The predicted molar refractivity (Wildman–Crippen MR) is 191 cm³/mol. The van der Waals surface area contributed by atoms with Crippen molar-refractivity contribution in [1.29, 1.82) is 0 Å². The van der Waals surface area contributed by atoms with E-state index in [0.29, 0.717) is 35.3 Å². The number of benzene rings is 3. The van der Waals surface area contributed by atoms with Crippen molar-refractivity contribution in [3.8, 4) is 0 Å². The second kappa shape index (κ2) is 14.4. The van der Waals surface area contributed by atoms with E-state index in [0.717, 1.165) is 62.7 Å². The third-order valence-corrected chi connectivity index (χ3v) is 13.8. The summed E-state index contributed by atoms with van der Waals surface area (Å²) in [5.41, 5.74) is 3.46. The average Bonchev–Trinajstić information content (AvgIpc) is 3.72. The first kappa shape index (κ1) is 34.2. The minimum Gasteiger partial charge on any atom is -0.343 e. The minimum absolute atomic E-state index is 0.00959. The number of carbonyl (C=O) groups is 2. The van der Waals surface area contributed by atoms with Crippen molar-refractivity contribution < 1.29 is 13.8 Å². The molecule has 0 N–H and O–H groups in total. The second-order valence-corrected chi connectivity index (χ2v) is 16.3. The van der Waals surface area contributed by atoms with Crippen LogP contribution in [0, 0.1) is 5.92 Å². The number of piperidine rings is 1.